The van der Waals surface area contributed by atoms with Crippen molar-refractivity contribution in [2.45, 2.75) is 66.0 Å². The molecule has 0 spiro atoms. The summed E-state index contributed by atoms with van der Waals surface area (Å²) in [6.07, 6.45) is 8.13. The maximum absolute atomic E-state index is 3.69. The summed E-state index contributed by atoms with van der Waals surface area (Å²) in [5.41, 5.74) is 0. The minimum Gasteiger partial charge on any atom is -0.355 e. The summed E-state index contributed by atoms with van der Waals surface area (Å²) >= 11 is 0. The minimum atomic E-state index is 0.775. The van der Waals surface area contributed by atoms with Crippen LogP contribution in [0.15, 0.2) is 0 Å². The number of unbranched alkanes of at least 4 members (excludes halogenated alkanes) is 2. The molecule has 2 heteroatoms. The van der Waals surface area contributed by atoms with Gasteiger partial charge in [0, 0.05) is 0 Å². The number of rotatable bonds is 9. The van der Waals surface area contributed by atoms with E-state index in [9.17, 15) is 0 Å². The van der Waals surface area contributed by atoms with Gasteiger partial charge in [-0.25, -0.2) is 0 Å². The van der Waals surface area contributed by atoms with Crippen LogP contribution in [-0.2, 0) is 0 Å². The van der Waals surface area contributed by atoms with Crippen LogP contribution in [0.4, 0.5) is 0 Å². The second-order valence-electron chi connectivity index (χ2n) is 4.78. The molecule has 0 amide bonds. The van der Waals surface area contributed by atoms with Crippen molar-refractivity contribution in [2.75, 3.05) is 6.54 Å². The fourth-order valence-corrected chi connectivity index (χ4v) is 1.65. The maximum atomic E-state index is 3.69. The molecule has 0 aliphatic heterocycles. The predicted octanol–water partition coefficient (Wildman–Crippen LogP) is 3.82. The smallest absolute Gasteiger partial charge is 0.220 e. The lowest BCUT2D eigenvalue weighted by atomic mass is 9.54. The molecule has 1 N–H and O–H groups in total. The van der Waals surface area contributed by atoms with Crippen molar-refractivity contribution < 1.29 is 0 Å². The minimum absolute atomic E-state index is 0.775. The Morgan fingerprint density at radius 3 is 1.86 bits per heavy atom. The van der Waals surface area contributed by atoms with Gasteiger partial charge in [-0.1, -0.05) is 66.0 Å². The molecule has 0 aromatic carbocycles. The zero-order valence-electron chi connectivity index (χ0n) is 10.6. The predicted molar refractivity (Wildman–Crippen MR) is 68.0 cm³/mol. The van der Waals surface area contributed by atoms with Crippen LogP contribution in [0.3, 0.4) is 0 Å². The van der Waals surface area contributed by atoms with E-state index in [-0.39, 0.29) is 0 Å². The first-order valence-electron chi connectivity index (χ1n) is 6.44. The summed E-state index contributed by atoms with van der Waals surface area (Å²) in [6.45, 7) is 11.1. The van der Waals surface area contributed by atoms with E-state index in [2.05, 4.69) is 32.9 Å². The van der Waals surface area contributed by atoms with Gasteiger partial charge in [-0.3, -0.25) is 0 Å². The highest BCUT2D eigenvalue weighted by molar-refractivity contribution is 6.56. The van der Waals surface area contributed by atoms with Gasteiger partial charge in [0.15, 0.2) is 0 Å². The maximum Gasteiger partial charge on any atom is 0.220 e. The average Bonchev–Trinajstić information content (AvgIpc) is 2.16. The summed E-state index contributed by atoms with van der Waals surface area (Å²) in [7, 11) is 0. The van der Waals surface area contributed by atoms with E-state index in [1.807, 2.05) is 0 Å². The van der Waals surface area contributed by atoms with Crippen LogP contribution < -0.4 is 5.23 Å². The van der Waals surface area contributed by atoms with Crippen molar-refractivity contribution in [1.82, 2.24) is 5.23 Å². The van der Waals surface area contributed by atoms with Crippen LogP contribution in [-0.4, -0.2) is 13.4 Å². The molecule has 0 fully saturated rings. The molecule has 0 aliphatic carbocycles. The highest BCUT2D eigenvalue weighted by Gasteiger charge is 2.12. The lowest BCUT2D eigenvalue weighted by Gasteiger charge is -2.16. The van der Waals surface area contributed by atoms with Gasteiger partial charge in [-0.05, 0) is 12.5 Å². The quantitative estimate of drug-likeness (QED) is 0.554. The third-order valence-corrected chi connectivity index (χ3v) is 2.63. The summed E-state index contributed by atoms with van der Waals surface area (Å²) in [6, 6.07) is 0. The van der Waals surface area contributed by atoms with E-state index in [0.29, 0.717) is 0 Å². The summed E-state index contributed by atoms with van der Waals surface area (Å²) in [5, 5.41) is 3.69. The summed E-state index contributed by atoms with van der Waals surface area (Å²) in [4.78, 5) is 0. The number of hydrogen-bond acceptors (Lipinski definition) is 1. The topological polar surface area (TPSA) is 12.0 Å². The molecule has 0 aromatic rings. The number of nitrogens with one attached hydrogen (secondary N) is 1. The first-order valence-corrected chi connectivity index (χ1v) is 6.44. The lowest BCUT2D eigenvalue weighted by Crippen LogP contribution is -2.36. The van der Waals surface area contributed by atoms with Crippen LogP contribution in [0.5, 0.6) is 0 Å². The molecule has 0 heterocycles. The van der Waals surface area contributed by atoms with Gasteiger partial charge in [0.25, 0.3) is 0 Å². The summed E-state index contributed by atoms with van der Waals surface area (Å²) < 4.78 is 0. The van der Waals surface area contributed by atoms with Gasteiger partial charge >= 0.3 is 0 Å². The van der Waals surface area contributed by atoms with E-state index in [1.54, 1.807) is 0 Å². The van der Waals surface area contributed by atoms with Gasteiger partial charge in [0.1, 0.15) is 0 Å². The molecule has 0 saturated carbocycles. The van der Waals surface area contributed by atoms with Gasteiger partial charge < -0.3 is 5.23 Å². The first kappa shape index (κ1) is 14.0. The van der Waals surface area contributed by atoms with E-state index in [4.69, 9.17) is 0 Å². The fraction of sp³-hybridized carbons (Fsp3) is 1.00. The third-order valence-electron chi connectivity index (χ3n) is 2.63. The Kier molecular flexibility index (Phi) is 9.59. The Bertz CT molecular complexity index is 107. The Morgan fingerprint density at radius 2 is 1.50 bits per heavy atom. The van der Waals surface area contributed by atoms with Gasteiger partial charge in [-0.2, -0.15) is 0 Å². The Balaban J connectivity index is 3.60. The van der Waals surface area contributed by atoms with Crippen molar-refractivity contribution in [3.05, 3.63) is 0 Å². The largest absolute Gasteiger partial charge is 0.355 e. The highest BCUT2D eigenvalue weighted by Crippen LogP contribution is 2.08. The molecule has 0 unspecified atom stereocenters. The van der Waals surface area contributed by atoms with E-state index in [1.165, 1.54) is 44.9 Å². The monoisotopic (exact) mass is 197 g/mol. The zero-order valence-corrected chi connectivity index (χ0v) is 10.6. The van der Waals surface area contributed by atoms with E-state index in [0.717, 1.165) is 12.8 Å². The molecule has 0 bridgehead atoms. The Labute approximate surface area is 91.1 Å². The van der Waals surface area contributed by atoms with Crippen LogP contribution in [0.25, 0.3) is 0 Å². The van der Waals surface area contributed by atoms with Crippen LogP contribution in [0.2, 0.25) is 12.6 Å². The third kappa shape index (κ3) is 8.62. The SMILES string of the molecule is CCCCB(CCCC)NCC(C)C. The molecule has 0 aromatic heterocycles. The first-order chi connectivity index (χ1) is 6.70. The van der Waals surface area contributed by atoms with Crippen LogP contribution in [0, 0.1) is 5.92 Å². The second kappa shape index (κ2) is 9.58. The molecule has 1 nitrogen and oxygen atoms in total. The highest BCUT2D eigenvalue weighted by atomic mass is 14.8. The van der Waals surface area contributed by atoms with Crippen LogP contribution >= 0.6 is 0 Å². The molecule has 0 aliphatic rings. The van der Waals surface area contributed by atoms with Crippen LogP contribution in [0.1, 0.15) is 53.4 Å². The van der Waals surface area contributed by atoms with Crippen molar-refractivity contribution in [3.8, 4) is 0 Å². The molecular formula is C12H28BN. The zero-order chi connectivity index (χ0) is 10.8. The van der Waals surface area contributed by atoms with Crippen molar-refractivity contribution in [1.29, 1.82) is 0 Å². The Hall–Kier alpha value is 0.0249. The summed E-state index contributed by atoms with van der Waals surface area (Å²) in [5.74, 6) is 0.778. The molecule has 0 radical (unpaired) electrons. The Morgan fingerprint density at radius 1 is 1.00 bits per heavy atom. The van der Waals surface area contributed by atoms with Gasteiger partial charge in [0.05, 0.1) is 0 Å². The van der Waals surface area contributed by atoms with Gasteiger partial charge in [-0.15, -0.1) is 0 Å². The molecular weight excluding hydrogens is 169 g/mol. The van der Waals surface area contributed by atoms with Crippen molar-refractivity contribution in [3.63, 3.8) is 0 Å². The molecule has 0 atom stereocenters. The standard InChI is InChI=1S/C12H28BN/c1-5-7-9-13(10-8-6-2)14-11-12(3)4/h12,14H,5-11H2,1-4H3. The van der Waals surface area contributed by atoms with Gasteiger partial charge in [0.2, 0.25) is 6.85 Å². The fourth-order valence-electron chi connectivity index (χ4n) is 1.65. The average molecular weight is 197 g/mol. The molecule has 84 valence electrons. The second-order valence-corrected chi connectivity index (χ2v) is 4.78. The van der Waals surface area contributed by atoms with E-state index >= 15 is 0 Å². The van der Waals surface area contributed by atoms with Crippen molar-refractivity contribution >= 4 is 6.85 Å². The molecule has 0 rings (SSSR count). The van der Waals surface area contributed by atoms with E-state index < -0.39 is 0 Å². The lowest BCUT2D eigenvalue weighted by molar-refractivity contribution is 0.623. The van der Waals surface area contributed by atoms with Crippen molar-refractivity contribution in [2.24, 2.45) is 5.92 Å². The molecule has 14 heavy (non-hydrogen) atoms. The number of hydrogen-bond donors (Lipinski definition) is 1. The molecule has 0 saturated heterocycles. The normalized spacial score (nSPS) is 10.9.